The summed E-state index contributed by atoms with van der Waals surface area (Å²) in [7, 11) is 0. The lowest BCUT2D eigenvalue weighted by molar-refractivity contribution is -0.116. The van der Waals surface area contributed by atoms with Gasteiger partial charge in [0.25, 0.3) is 0 Å². The number of aromatic nitrogens is 2. The van der Waals surface area contributed by atoms with Gasteiger partial charge < -0.3 is 9.72 Å². The SMILES string of the molecule is Br.CCc1c(-c2ccc3c(c2)CCC(=O)N3)nc2ccccn12. The number of hydrogen-bond acceptors (Lipinski definition) is 2. The maximum Gasteiger partial charge on any atom is 0.224 e. The van der Waals surface area contributed by atoms with Crippen LogP contribution in [0.5, 0.6) is 0 Å². The van der Waals surface area contributed by atoms with Crippen LogP contribution < -0.4 is 5.32 Å². The van der Waals surface area contributed by atoms with Crippen molar-refractivity contribution in [2.45, 2.75) is 26.2 Å². The summed E-state index contributed by atoms with van der Waals surface area (Å²) in [6.45, 7) is 2.15. The molecule has 1 amide bonds. The summed E-state index contributed by atoms with van der Waals surface area (Å²) in [6.07, 6.45) is 4.34. The molecule has 3 aromatic rings. The molecule has 0 bridgehead atoms. The molecule has 3 heterocycles. The molecule has 23 heavy (non-hydrogen) atoms. The lowest BCUT2D eigenvalue weighted by Crippen LogP contribution is -2.18. The third-order valence-electron chi connectivity index (χ3n) is 4.24. The van der Waals surface area contributed by atoms with E-state index >= 15 is 0 Å². The van der Waals surface area contributed by atoms with E-state index in [2.05, 4.69) is 28.9 Å². The van der Waals surface area contributed by atoms with Crippen molar-refractivity contribution in [3.05, 3.63) is 53.9 Å². The van der Waals surface area contributed by atoms with Crippen LogP contribution in [0.3, 0.4) is 0 Å². The summed E-state index contributed by atoms with van der Waals surface area (Å²) in [6, 6.07) is 12.3. The van der Waals surface area contributed by atoms with E-state index in [0.29, 0.717) is 6.42 Å². The molecule has 1 aliphatic rings. The molecule has 118 valence electrons. The standard InChI is InChI=1S/C18H17N3O.BrH/c1-2-15-18(20-16-5-3-4-10-21(15)16)13-6-8-14-12(11-13)7-9-17(22)19-14;/h3-6,8,10-11H,2,7,9H2,1H3,(H,19,22);1H. The first-order valence-corrected chi connectivity index (χ1v) is 7.65. The van der Waals surface area contributed by atoms with Gasteiger partial charge in [-0.3, -0.25) is 4.79 Å². The van der Waals surface area contributed by atoms with E-state index in [0.717, 1.165) is 35.4 Å². The normalized spacial score (nSPS) is 13.3. The summed E-state index contributed by atoms with van der Waals surface area (Å²) in [5.41, 5.74) is 6.47. The van der Waals surface area contributed by atoms with Crippen molar-refractivity contribution < 1.29 is 4.79 Å². The first-order chi connectivity index (χ1) is 10.8. The average Bonchev–Trinajstić information content (AvgIpc) is 2.93. The number of hydrogen-bond donors (Lipinski definition) is 1. The molecule has 1 aromatic carbocycles. The van der Waals surface area contributed by atoms with Crippen LogP contribution in [-0.4, -0.2) is 15.3 Å². The number of amides is 1. The van der Waals surface area contributed by atoms with Gasteiger partial charge in [-0.1, -0.05) is 19.1 Å². The molecular weight excluding hydrogens is 354 g/mol. The first-order valence-electron chi connectivity index (χ1n) is 7.65. The molecule has 2 aromatic heterocycles. The van der Waals surface area contributed by atoms with Gasteiger partial charge in [0.1, 0.15) is 5.65 Å². The van der Waals surface area contributed by atoms with Crippen LogP contribution in [0.25, 0.3) is 16.9 Å². The Morgan fingerprint density at radius 1 is 1.22 bits per heavy atom. The van der Waals surface area contributed by atoms with E-state index in [1.54, 1.807) is 0 Å². The second-order valence-electron chi connectivity index (χ2n) is 5.61. The van der Waals surface area contributed by atoms with Crippen LogP contribution >= 0.6 is 17.0 Å². The van der Waals surface area contributed by atoms with Gasteiger partial charge in [0.2, 0.25) is 5.91 Å². The predicted octanol–water partition coefficient (Wildman–Crippen LogP) is 4.03. The molecule has 5 heteroatoms. The Balaban J connectivity index is 0.00000156. The number of carbonyl (C=O) groups is 1. The number of aryl methyl sites for hydroxylation is 2. The lowest BCUT2D eigenvalue weighted by atomic mass is 9.98. The van der Waals surface area contributed by atoms with Crippen molar-refractivity contribution in [2.75, 3.05) is 5.32 Å². The van der Waals surface area contributed by atoms with Crippen molar-refractivity contribution in [1.82, 2.24) is 9.38 Å². The number of rotatable bonds is 2. The van der Waals surface area contributed by atoms with E-state index in [1.807, 2.05) is 30.3 Å². The molecule has 0 saturated carbocycles. The third kappa shape index (κ3) is 2.65. The molecule has 0 aliphatic carbocycles. The Hall–Kier alpha value is -2.14. The number of halogens is 1. The minimum absolute atomic E-state index is 0. The van der Waals surface area contributed by atoms with Crippen molar-refractivity contribution in [2.24, 2.45) is 0 Å². The first kappa shape index (κ1) is 15.7. The summed E-state index contributed by atoms with van der Waals surface area (Å²) >= 11 is 0. The summed E-state index contributed by atoms with van der Waals surface area (Å²) in [4.78, 5) is 16.3. The molecule has 1 aliphatic heterocycles. The van der Waals surface area contributed by atoms with E-state index in [-0.39, 0.29) is 22.9 Å². The minimum Gasteiger partial charge on any atom is -0.326 e. The lowest BCUT2D eigenvalue weighted by Gasteiger charge is -2.17. The molecule has 0 unspecified atom stereocenters. The second-order valence-corrected chi connectivity index (χ2v) is 5.61. The molecule has 0 saturated heterocycles. The molecule has 0 fully saturated rings. The monoisotopic (exact) mass is 371 g/mol. The van der Waals surface area contributed by atoms with Gasteiger partial charge in [-0.15, -0.1) is 17.0 Å². The van der Waals surface area contributed by atoms with Gasteiger partial charge in [-0.2, -0.15) is 0 Å². The fourth-order valence-corrected chi connectivity index (χ4v) is 3.15. The fraction of sp³-hybridized carbons (Fsp3) is 0.222. The van der Waals surface area contributed by atoms with Gasteiger partial charge in [0.15, 0.2) is 0 Å². The Labute approximate surface area is 145 Å². The van der Waals surface area contributed by atoms with Crippen LogP contribution in [0.2, 0.25) is 0 Å². The largest absolute Gasteiger partial charge is 0.326 e. The van der Waals surface area contributed by atoms with Crippen molar-refractivity contribution in [3.63, 3.8) is 0 Å². The zero-order valence-corrected chi connectivity index (χ0v) is 14.6. The Morgan fingerprint density at radius 3 is 2.91 bits per heavy atom. The third-order valence-corrected chi connectivity index (χ3v) is 4.24. The van der Waals surface area contributed by atoms with Crippen LogP contribution in [0.15, 0.2) is 42.6 Å². The maximum atomic E-state index is 11.5. The molecule has 4 nitrogen and oxygen atoms in total. The van der Waals surface area contributed by atoms with Gasteiger partial charge in [-0.05, 0) is 42.7 Å². The van der Waals surface area contributed by atoms with E-state index in [1.165, 1.54) is 11.3 Å². The van der Waals surface area contributed by atoms with Gasteiger partial charge in [-0.25, -0.2) is 4.98 Å². The average molecular weight is 372 g/mol. The number of fused-ring (bicyclic) bond motifs is 2. The van der Waals surface area contributed by atoms with Crippen molar-refractivity contribution in [1.29, 1.82) is 0 Å². The molecule has 1 N–H and O–H groups in total. The second kappa shape index (κ2) is 6.16. The highest BCUT2D eigenvalue weighted by Gasteiger charge is 2.17. The van der Waals surface area contributed by atoms with Crippen molar-refractivity contribution >= 4 is 34.2 Å². The van der Waals surface area contributed by atoms with Gasteiger partial charge in [0, 0.05) is 23.9 Å². The highest BCUT2D eigenvalue weighted by molar-refractivity contribution is 8.93. The van der Waals surface area contributed by atoms with E-state index in [9.17, 15) is 4.79 Å². The van der Waals surface area contributed by atoms with Crippen LogP contribution in [-0.2, 0) is 17.6 Å². The summed E-state index contributed by atoms with van der Waals surface area (Å²) in [5, 5.41) is 2.93. The highest BCUT2D eigenvalue weighted by atomic mass is 79.9. The minimum atomic E-state index is 0. The van der Waals surface area contributed by atoms with Crippen molar-refractivity contribution in [3.8, 4) is 11.3 Å². The summed E-state index contributed by atoms with van der Waals surface area (Å²) in [5.74, 6) is 0.0993. The maximum absolute atomic E-state index is 11.5. The predicted molar refractivity (Wildman–Crippen MR) is 97.3 cm³/mol. The highest BCUT2D eigenvalue weighted by Crippen LogP contribution is 2.30. The quantitative estimate of drug-likeness (QED) is 0.739. The number of anilines is 1. The van der Waals surface area contributed by atoms with E-state index < -0.39 is 0 Å². The molecule has 0 radical (unpaired) electrons. The van der Waals surface area contributed by atoms with Gasteiger partial charge >= 0.3 is 0 Å². The number of nitrogens with one attached hydrogen (secondary N) is 1. The number of imidazole rings is 1. The molecule has 0 atom stereocenters. The fourth-order valence-electron chi connectivity index (χ4n) is 3.15. The molecule has 0 spiro atoms. The van der Waals surface area contributed by atoms with Gasteiger partial charge in [0.05, 0.1) is 11.4 Å². The number of nitrogens with zero attached hydrogens (tertiary/aromatic N) is 2. The smallest absolute Gasteiger partial charge is 0.224 e. The Bertz CT molecular complexity index is 885. The molecule has 4 rings (SSSR count). The number of carbonyl (C=O) groups excluding carboxylic acids is 1. The number of pyridine rings is 1. The summed E-state index contributed by atoms with van der Waals surface area (Å²) < 4.78 is 2.15. The van der Waals surface area contributed by atoms with Crippen LogP contribution in [0.4, 0.5) is 5.69 Å². The Morgan fingerprint density at radius 2 is 2.09 bits per heavy atom. The zero-order chi connectivity index (χ0) is 15.1. The van der Waals surface area contributed by atoms with Crippen LogP contribution in [0, 0.1) is 0 Å². The molecular formula is C18H18BrN3O. The van der Waals surface area contributed by atoms with E-state index in [4.69, 9.17) is 4.98 Å². The number of benzene rings is 1. The topological polar surface area (TPSA) is 46.4 Å². The zero-order valence-electron chi connectivity index (χ0n) is 12.9. The Kier molecular flexibility index (Phi) is 4.22. The van der Waals surface area contributed by atoms with Crippen LogP contribution in [0.1, 0.15) is 24.6 Å².